The van der Waals surface area contributed by atoms with Gasteiger partial charge in [0.05, 0.1) is 0 Å². The highest BCUT2D eigenvalue weighted by molar-refractivity contribution is 5.94. The van der Waals surface area contributed by atoms with Gasteiger partial charge in [-0.2, -0.15) is 0 Å². The Kier molecular flexibility index (Phi) is 4.28. The molecule has 0 heterocycles. The van der Waals surface area contributed by atoms with Gasteiger partial charge in [-0.15, -0.1) is 0 Å². The molecule has 0 bridgehead atoms. The highest BCUT2D eigenvalue weighted by Gasteiger charge is 2.28. The number of rotatable bonds is 2. The summed E-state index contributed by atoms with van der Waals surface area (Å²) < 4.78 is 0. The quantitative estimate of drug-likeness (QED) is 0.858. The first-order valence-corrected chi connectivity index (χ1v) is 7.36. The monoisotopic (exact) mass is 259 g/mol. The molecule has 1 aromatic carbocycles. The molecule has 1 aliphatic rings. The van der Waals surface area contributed by atoms with Crippen molar-refractivity contribution in [2.24, 2.45) is 11.8 Å². The maximum Gasteiger partial charge on any atom is 0.251 e. The molecule has 19 heavy (non-hydrogen) atoms. The third-order valence-electron chi connectivity index (χ3n) is 4.51. The molecule has 2 nitrogen and oxygen atoms in total. The Bertz CT molecular complexity index is 446. The van der Waals surface area contributed by atoms with Crippen LogP contribution >= 0.6 is 0 Å². The van der Waals surface area contributed by atoms with Crippen LogP contribution in [0.15, 0.2) is 18.2 Å². The van der Waals surface area contributed by atoms with E-state index in [-0.39, 0.29) is 5.91 Å². The van der Waals surface area contributed by atoms with E-state index in [0.29, 0.717) is 17.9 Å². The van der Waals surface area contributed by atoms with Gasteiger partial charge in [-0.3, -0.25) is 4.79 Å². The summed E-state index contributed by atoms with van der Waals surface area (Å²) in [4.78, 5) is 12.4. The number of nitrogens with one attached hydrogen (secondary N) is 1. The van der Waals surface area contributed by atoms with E-state index < -0.39 is 0 Å². The van der Waals surface area contributed by atoms with Crippen molar-refractivity contribution in [3.05, 3.63) is 34.9 Å². The van der Waals surface area contributed by atoms with Crippen LogP contribution in [0, 0.1) is 25.7 Å². The molecule has 104 valence electrons. The van der Waals surface area contributed by atoms with Gasteiger partial charge in [-0.1, -0.05) is 43.9 Å². The summed E-state index contributed by atoms with van der Waals surface area (Å²) in [7, 11) is 0. The minimum atomic E-state index is 0.0813. The van der Waals surface area contributed by atoms with E-state index in [9.17, 15) is 4.79 Å². The average molecular weight is 259 g/mol. The Morgan fingerprint density at radius 1 is 1.11 bits per heavy atom. The predicted octanol–water partition coefficient (Wildman–Crippen LogP) is 3.86. The molecular formula is C17H25NO. The highest BCUT2D eigenvalue weighted by atomic mass is 16.1. The van der Waals surface area contributed by atoms with Crippen molar-refractivity contribution in [2.45, 2.75) is 53.0 Å². The largest absolute Gasteiger partial charge is 0.349 e. The van der Waals surface area contributed by atoms with Crippen LogP contribution in [0.3, 0.4) is 0 Å². The Morgan fingerprint density at radius 3 is 2.37 bits per heavy atom. The molecule has 0 aliphatic heterocycles. The van der Waals surface area contributed by atoms with Crippen LogP contribution in [0.2, 0.25) is 0 Å². The second kappa shape index (κ2) is 5.77. The molecule has 1 aromatic rings. The highest BCUT2D eigenvalue weighted by Crippen LogP contribution is 2.29. The summed E-state index contributed by atoms with van der Waals surface area (Å²) in [5.41, 5.74) is 3.09. The van der Waals surface area contributed by atoms with Gasteiger partial charge in [-0.25, -0.2) is 0 Å². The molecule has 1 N–H and O–H groups in total. The zero-order valence-corrected chi connectivity index (χ0v) is 12.5. The van der Waals surface area contributed by atoms with Crippen LogP contribution in [-0.2, 0) is 0 Å². The second-order valence-electron chi connectivity index (χ2n) is 6.22. The SMILES string of the molecule is Cc1cc(C)cc(C(=O)NC2CCCC(C)C2C)c1. The van der Waals surface area contributed by atoms with Gasteiger partial charge in [0.25, 0.3) is 5.91 Å². The summed E-state index contributed by atoms with van der Waals surface area (Å²) in [6.45, 7) is 8.63. The number of carbonyl (C=O) groups is 1. The van der Waals surface area contributed by atoms with Gasteiger partial charge in [0, 0.05) is 11.6 Å². The maximum atomic E-state index is 12.4. The van der Waals surface area contributed by atoms with Crippen LogP contribution in [0.5, 0.6) is 0 Å². The average Bonchev–Trinajstić information content (AvgIpc) is 2.33. The lowest BCUT2D eigenvalue weighted by Crippen LogP contribution is -2.43. The van der Waals surface area contributed by atoms with Crippen molar-refractivity contribution in [3.8, 4) is 0 Å². The first-order chi connectivity index (χ1) is 8.97. The number of amides is 1. The first-order valence-electron chi connectivity index (χ1n) is 7.36. The molecule has 1 saturated carbocycles. The molecule has 0 saturated heterocycles. The number of benzene rings is 1. The fourth-order valence-corrected chi connectivity index (χ4v) is 3.14. The van der Waals surface area contributed by atoms with Crippen LogP contribution in [0.1, 0.15) is 54.6 Å². The molecule has 0 aromatic heterocycles. The van der Waals surface area contributed by atoms with Crippen molar-refractivity contribution in [1.29, 1.82) is 0 Å². The minimum Gasteiger partial charge on any atom is -0.349 e. The second-order valence-corrected chi connectivity index (χ2v) is 6.22. The standard InChI is InChI=1S/C17H25NO/c1-11-8-12(2)10-15(9-11)17(19)18-16-7-5-6-13(3)14(16)4/h8-10,13-14,16H,5-7H2,1-4H3,(H,18,19). The van der Waals surface area contributed by atoms with Crippen molar-refractivity contribution >= 4 is 5.91 Å². The summed E-state index contributed by atoms with van der Waals surface area (Å²) in [5.74, 6) is 1.36. The molecule has 2 heteroatoms. The van der Waals surface area contributed by atoms with E-state index in [1.54, 1.807) is 0 Å². The number of hydrogen-bond donors (Lipinski definition) is 1. The third-order valence-corrected chi connectivity index (χ3v) is 4.51. The molecule has 1 fully saturated rings. The van der Waals surface area contributed by atoms with E-state index in [1.165, 1.54) is 12.8 Å². The summed E-state index contributed by atoms with van der Waals surface area (Å²) >= 11 is 0. The van der Waals surface area contributed by atoms with Gasteiger partial charge in [-0.05, 0) is 44.2 Å². The number of carbonyl (C=O) groups excluding carboxylic acids is 1. The van der Waals surface area contributed by atoms with Crippen LogP contribution in [0.25, 0.3) is 0 Å². The summed E-state index contributed by atoms with van der Waals surface area (Å²) in [6, 6.07) is 6.37. The van der Waals surface area contributed by atoms with Gasteiger partial charge < -0.3 is 5.32 Å². The zero-order valence-electron chi connectivity index (χ0n) is 12.5. The van der Waals surface area contributed by atoms with Crippen molar-refractivity contribution in [2.75, 3.05) is 0 Å². The van der Waals surface area contributed by atoms with Gasteiger partial charge in [0.1, 0.15) is 0 Å². The molecule has 2 rings (SSSR count). The van der Waals surface area contributed by atoms with E-state index >= 15 is 0 Å². The Morgan fingerprint density at radius 2 is 1.74 bits per heavy atom. The maximum absolute atomic E-state index is 12.4. The van der Waals surface area contributed by atoms with E-state index in [4.69, 9.17) is 0 Å². The van der Waals surface area contributed by atoms with Crippen molar-refractivity contribution in [1.82, 2.24) is 5.32 Å². The van der Waals surface area contributed by atoms with Gasteiger partial charge >= 0.3 is 0 Å². The molecule has 0 radical (unpaired) electrons. The van der Waals surface area contributed by atoms with E-state index in [0.717, 1.165) is 23.1 Å². The molecule has 1 aliphatic carbocycles. The lowest BCUT2D eigenvalue weighted by Gasteiger charge is -2.34. The molecular weight excluding hydrogens is 234 g/mol. The van der Waals surface area contributed by atoms with E-state index in [1.807, 2.05) is 26.0 Å². The van der Waals surface area contributed by atoms with Crippen LogP contribution in [-0.4, -0.2) is 11.9 Å². The van der Waals surface area contributed by atoms with Gasteiger partial charge in [0.2, 0.25) is 0 Å². The summed E-state index contributed by atoms with van der Waals surface area (Å²) in [6.07, 6.45) is 3.63. The number of aryl methyl sites for hydroxylation is 2. The first kappa shape index (κ1) is 14.1. The molecule has 1 amide bonds. The van der Waals surface area contributed by atoms with Crippen molar-refractivity contribution in [3.63, 3.8) is 0 Å². The predicted molar refractivity (Wildman–Crippen MR) is 79.3 cm³/mol. The minimum absolute atomic E-state index is 0.0813. The number of hydrogen-bond acceptors (Lipinski definition) is 1. The summed E-state index contributed by atoms with van der Waals surface area (Å²) in [5, 5.41) is 3.23. The van der Waals surface area contributed by atoms with E-state index in [2.05, 4.69) is 25.2 Å². The smallest absolute Gasteiger partial charge is 0.251 e. The zero-order chi connectivity index (χ0) is 14.0. The van der Waals surface area contributed by atoms with Crippen molar-refractivity contribution < 1.29 is 4.79 Å². The Balaban J connectivity index is 2.08. The normalized spacial score (nSPS) is 27.1. The lowest BCUT2D eigenvalue weighted by atomic mass is 9.78. The molecule has 3 unspecified atom stereocenters. The Hall–Kier alpha value is -1.31. The third kappa shape index (κ3) is 3.37. The lowest BCUT2D eigenvalue weighted by molar-refractivity contribution is 0.0891. The fraction of sp³-hybridized carbons (Fsp3) is 0.588. The molecule has 3 atom stereocenters. The van der Waals surface area contributed by atoms with Gasteiger partial charge in [0.15, 0.2) is 0 Å². The Labute approximate surface area is 116 Å². The fourth-order valence-electron chi connectivity index (χ4n) is 3.14. The topological polar surface area (TPSA) is 29.1 Å². The molecule has 0 spiro atoms. The van der Waals surface area contributed by atoms with Crippen LogP contribution < -0.4 is 5.32 Å². The van der Waals surface area contributed by atoms with Crippen LogP contribution in [0.4, 0.5) is 0 Å².